The van der Waals surface area contributed by atoms with Crippen LogP contribution in [0.4, 0.5) is 0 Å². The number of nitrogens with zero attached hydrogens (tertiary/aromatic N) is 3. The zero-order valence-corrected chi connectivity index (χ0v) is 18.1. The first-order valence-electron chi connectivity index (χ1n) is 10.7. The van der Waals surface area contributed by atoms with Gasteiger partial charge in [-0.25, -0.2) is 9.78 Å². The molecule has 5 rings (SSSR count). The van der Waals surface area contributed by atoms with E-state index in [4.69, 9.17) is 14.1 Å². The molecule has 6 nitrogen and oxygen atoms in total. The molecular formula is C24H25N3O3S. The molecule has 4 aromatic rings. The molecular weight excluding hydrogens is 410 g/mol. The van der Waals surface area contributed by atoms with Crippen molar-refractivity contribution in [1.29, 1.82) is 0 Å². The molecule has 3 heterocycles. The molecule has 1 unspecified atom stereocenters. The third-order valence-corrected chi connectivity index (χ3v) is 6.71. The molecule has 1 fully saturated rings. The number of para-hydroxylation sites is 2. The zero-order chi connectivity index (χ0) is 21.0. The van der Waals surface area contributed by atoms with E-state index < -0.39 is 0 Å². The van der Waals surface area contributed by atoms with Crippen LogP contribution in [0.1, 0.15) is 19.3 Å². The Morgan fingerprint density at radius 3 is 2.74 bits per heavy atom. The highest BCUT2D eigenvalue weighted by molar-refractivity contribution is 7.99. The summed E-state index contributed by atoms with van der Waals surface area (Å²) < 4.78 is 15.2. The van der Waals surface area contributed by atoms with E-state index >= 15 is 0 Å². The summed E-state index contributed by atoms with van der Waals surface area (Å²) in [5, 5.41) is 0.999. The molecule has 0 saturated carbocycles. The Bertz CT molecular complexity index is 1210. The van der Waals surface area contributed by atoms with E-state index in [2.05, 4.69) is 28.8 Å². The fraction of sp³-hybridized carbons (Fsp3) is 0.333. The molecule has 1 atom stereocenters. The Morgan fingerprint density at radius 2 is 1.90 bits per heavy atom. The van der Waals surface area contributed by atoms with E-state index in [1.165, 1.54) is 0 Å². The molecule has 2 aromatic carbocycles. The van der Waals surface area contributed by atoms with Crippen LogP contribution in [0, 0.1) is 0 Å². The van der Waals surface area contributed by atoms with Gasteiger partial charge in [-0.2, -0.15) is 0 Å². The van der Waals surface area contributed by atoms with Gasteiger partial charge in [0, 0.05) is 18.9 Å². The van der Waals surface area contributed by atoms with Gasteiger partial charge in [0.1, 0.15) is 0 Å². The summed E-state index contributed by atoms with van der Waals surface area (Å²) >= 11 is 1.73. The molecule has 31 heavy (non-hydrogen) atoms. The van der Waals surface area contributed by atoms with Crippen molar-refractivity contribution >= 4 is 22.9 Å². The highest BCUT2D eigenvalue weighted by atomic mass is 32.2. The van der Waals surface area contributed by atoms with E-state index in [0.29, 0.717) is 12.1 Å². The van der Waals surface area contributed by atoms with E-state index in [9.17, 15) is 4.79 Å². The van der Waals surface area contributed by atoms with Gasteiger partial charge in [0.05, 0.1) is 30.1 Å². The number of hydrogen-bond donors (Lipinski definition) is 0. The van der Waals surface area contributed by atoms with Gasteiger partial charge in [-0.1, -0.05) is 54.2 Å². The second-order valence-corrected chi connectivity index (χ2v) is 8.79. The number of oxazole rings is 1. The van der Waals surface area contributed by atoms with Gasteiger partial charge >= 0.3 is 5.76 Å². The number of benzene rings is 2. The highest BCUT2D eigenvalue weighted by Crippen LogP contribution is 2.28. The maximum absolute atomic E-state index is 12.2. The van der Waals surface area contributed by atoms with Crippen molar-refractivity contribution in [2.75, 3.05) is 12.4 Å². The predicted octanol–water partition coefficient (Wildman–Crippen LogP) is 4.82. The Balaban J connectivity index is 1.30. The van der Waals surface area contributed by atoms with Gasteiger partial charge in [0.2, 0.25) is 0 Å². The Hall–Kier alpha value is -2.77. The average molecular weight is 436 g/mol. The molecule has 0 radical (unpaired) electrons. The lowest BCUT2D eigenvalue weighted by Gasteiger charge is -2.16. The first-order chi connectivity index (χ1) is 15.3. The zero-order valence-electron chi connectivity index (χ0n) is 17.3. The molecule has 1 aliphatic rings. The molecule has 0 bridgehead atoms. The lowest BCUT2D eigenvalue weighted by atomic mass is 10.1. The molecule has 1 saturated heterocycles. The van der Waals surface area contributed by atoms with Crippen molar-refractivity contribution < 1.29 is 9.15 Å². The second-order valence-electron chi connectivity index (χ2n) is 7.73. The number of aromatic nitrogens is 3. The standard InChI is InChI=1S/C24H25N3O3S/c28-24-26(20-11-4-5-12-22(20)30-24)13-7-15-31-23-25-16-21(18-8-2-1-3-9-18)27(23)17-19-10-6-14-29-19/h1-5,8-9,11-12,16,19H,6-7,10,13-15,17H2. The van der Waals surface area contributed by atoms with Gasteiger partial charge in [0.25, 0.3) is 0 Å². The van der Waals surface area contributed by atoms with Gasteiger partial charge in [0.15, 0.2) is 10.7 Å². The molecule has 0 N–H and O–H groups in total. The van der Waals surface area contributed by atoms with E-state index in [1.807, 2.05) is 36.5 Å². The van der Waals surface area contributed by atoms with Crippen LogP contribution in [0.3, 0.4) is 0 Å². The number of ether oxygens (including phenoxy) is 1. The smallest absolute Gasteiger partial charge is 0.408 e. The number of fused-ring (bicyclic) bond motifs is 1. The van der Waals surface area contributed by atoms with Crippen LogP contribution in [-0.2, 0) is 17.8 Å². The molecule has 0 amide bonds. The number of thioether (sulfide) groups is 1. The van der Waals surface area contributed by atoms with Crippen LogP contribution >= 0.6 is 11.8 Å². The van der Waals surface area contributed by atoms with Gasteiger partial charge in [-0.3, -0.25) is 4.57 Å². The van der Waals surface area contributed by atoms with E-state index in [0.717, 1.165) is 60.1 Å². The highest BCUT2D eigenvalue weighted by Gasteiger charge is 2.20. The SMILES string of the molecule is O=c1oc2ccccc2n1CCCSc1ncc(-c2ccccc2)n1CC1CCCO1. The maximum atomic E-state index is 12.2. The first-order valence-corrected chi connectivity index (χ1v) is 11.7. The van der Waals surface area contributed by atoms with Crippen LogP contribution < -0.4 is 5.76 Å². The molecule has 160 valence electrons. The third kappa shape index (κ3) is 4.34. The second kappa shape index (κ2) is 9.16. The lowest BCUT2D eigenvalue weighted by molar-refractivity contribution is 0.0954. The molecule has 2 aromatic heterocycles. The van der Waals surface area contributed by atoms with Crippen molar-refractivity contribution in [2.24, 2.45) is 0 Å². The minimum Gasteiger partial charge on any atom is -0.408 e. The van der Waals surface area contributed by atoms with Crippen molar-refractivity contribution in [3.63, 3.8) is 0 Å². The van der Waals surface area contributed by atoms with Crippen LogP contribution in [0.2, 0.25) is 0 Å². The van der Waals surface area contributed by atoms with Gasteiger partial charge in [-0.15, -0.1) is 0 Å². The normalized spacial score (nSPS) is 16.3. The fourth-order valence-electron chi connectivity index (χ4n) is 4.09. The first kappa shape index (κ1) is 20.2. The fourth-order valence-corrected chi connectivity index (χ4v) is 5.01. The summed E-state index contributed by atoms with van der Waals surface area (Å²) in [4.78, 5) is 16.9. The summed E-state index contributed by atoms with van der Waals surface area (Å²) in [5.41, 5.74) is 3.77. The third-order valence-electron chi connectivity index (χ3n) is 5.63. The van der Waals surface area contributed by atoms with Crippen LogP contribution in [0.5, 0.6) is 0 Å². The molecule has 0 aliphatic carbocycles. The lowest BCUT2D eigenvalue weighted by Crippen LogP contribution is -2.17. The Kier molecular flexibility index (Phi) is 5.95. The molecule has 1 aliphatic heterocycles. The van der Waals surface area contributed by atoms with Gasteiger partial charge in [-0.05, 0) is 37.0 Å². The number of rotatable bonds is 8. The topological polar surface area (TPSA) is 62.2 Å². The number of hydrogen-bond acceptors (Lipinski definition) is 5. The summed E-state index contributed by atoms with van der Waals surface area (Å²) in [5.74, 6) is 0.570. The average Bonchev–Trinajstić information content (AvgIpc) is 3.52. The Labute approximate surface area is 184 Å². The maximum Gasteiger partial charge on any atom is 0.419 e. The van der Waals surface area contributed by atoms with E-state index in [-0.39, 0.29) is 11.9 Å². The van der Waals surface area contributed by atoms with Crippen molar-refractivity contribution in [3.05, 3.63) is 71.3 Å². The van der Waals surface area contributed by atoms with Gasteiger partial charge < -0.3 is 13.7 Å². The summed E-state index contributed by atoms with van der Waals surface area (Å²) in [7, 11) is 0. The van der Waals surface area contributed by atoms with Crippen LogP contribution in [-0.4, -0.2) is 32.6 Å². The van der Waals surface area contributed by atoms with E-state index in [1.54, 1.807) is 16.3 Å². The predicted molar refractivity (Wildman–Crippen MR) is 122 cm³/mol. The largest absolute Gasteiger partial charge is 0.419 e. The van der Waals surface area contributed by atoms with Crippen molar-refractivity contribution in [1.82, 2.24) is 14.1 Å². The summed E-state index contributed by atoms with van der Waals surface area (Å²) in [6.45, 7) is 2.29. The Morgan fingerprint density at radius 1 is 1.06 bits per heavy atom. The summed E-state index contributed by atoms with van der Waals surface area (Å²) in [6, 6.07) is 17.9. The van der Waals surface area contributed by atoms with Crippen molar-refractivity contribution in [3.8, 4) is 11.3 Å². The van der Waals surface area contributed by atoms with Crippen LogP contribution in [0.25, 0.3) is 22.4 Å². The quantitative estimate of drug-likeness (QED) is 0.293. The molecule has 7 heteroatoms. The minimum absolute atomic E-state index is 0.242. The number of aryl methyl sites for hydroxylation is 1. The number of imidazole rings is 1. The minimum atomic E-state index is -0.294. The molecule has 0 spiro atoms. The van der Waals surface area contributed by atoms with Crippen molar-refractivity contribution in [2.45, 2.75) is 43.6 Å². The monoisotopic (exact) mass is 435 g/mol. The summed E-state index contributed by atoms with van der Waals surface area (Å²) in [6.07, 6.45) is 5.26. The van der Waals surface area contributed by atoms with Crippen LogP contribution in [0.15, 0.2) is 75.2 Å².